The maximum Gasteiger partial charge on any atom is 0.119 e. The molecule has 4 N–H and O–H groups in total. The summed E-state index contributed by atoms with van der Waals surface area (Å²) in [7, 11) is 0. The van der Waals surface area contributed by atoms with Crippen molar-refractivity contribution in [3.63, 3.8) is 0 Å². The van der Waals surface area contributed by atoms with E-state index in [4.69, 9.17) is 0 Å². The molecule has 4 rings (SSSR count). The first kappa shape index (κ1) is 20.9. The van der Waals surface area contributed by atoms with E-state index in [2.05, 4.69) is 15.5 Å². The first-order valence-electron chi connectivity index (χ1n) is 10.2. The number of rotatable bonds is 7. The minimum atomic E-state index is 0.143. The molecule has 4 aromatic rings. The second-order valence-electron chi connectivity index (χ2n) is 7.37. The van der Waals surface area contributed by atoms with Crippen LogP contribution in [0.4, 0.5) is 22.7 Å². The van der Waals surface area contributed by atoms with E-state index in [-0.39, 0.29) is 17.2 Å². The van der Waals surface area contributed by atoms with Crippen molar-refractivity contribution < 1.29 is 15.3 Å². The summed E-state index contributed by atoms with van der Waals surface area (Å²) >= 11 is 0. The molecule has 0 spiro atoms. The van der Waals surface area contributed by atoms with Crippen molar-refractivity contribution >= 4 is 22.7 Å². The fraction of sp³-hybridized carbons (Fsp3) is 0.0769. The number of phenols is 3. The van der Waals surface area contributed by atoms with Crippen LogP contribution < -0.4 is 5.32 Å². The molecule has 0 radical (unpaired) electrons. The third kappa shape index (κ3) is 5.43. The van der Waals surface area contributed by atoms with Crippen LogP contribution in [0.3, 0.4) is 0 Å². The number of aromatic hydroxyl groups is 3. The second kappa shape index (κ2) is 9.66. The lowest BCUT2D eigenvalue weighted by Gasteiger charge is -2.09. The standard InChI is InChI=1S/C26H23N3O3/c30-22-13-15-26(32)19(16-22)9-6-18-7-10-21(11-8-18)28-29-24-14-12-23(31)17-25(24)27-20-4-2-1-3-5-20/h1-5,7-8,10-17,27,30-32H,6,9H2. The molecule has 0 heterocycles. The van der Waals surface area contributed by atoms with Gasteiger partial charge >= 0.3 is 0 Å². The maximum atomic E-state index is 9.91. The number of benzene rings is 4. The molecule has 0 unspecified atom stereocenters. The average Bonchev–Trinajstić information content (AvgIpc) is 2.80. The fourth-order valence-corrected chi connectivity index (χ4v) is 3.28. The van der Waals surface area contributed by atoms with Crippen molar-refractivity contribution in [2.24, 2.45) is 10.2 Å². The highest BCUT2D eigenvalue weighted by Gasteiger charge is 2.05. The van der Waals surface area contributed by atoms with E-state index in [0.717, 1.165) is 17.7 Å². The summed E-state index contributed by atoms with van der Waals surface area (Å²) in [6.07, 6.45) is 1.33. The molecule has 0 aliphatic rings. The molecule has 32 heavy (non-hydrogen) atoms. The topological polar surface area (TPSA) is 97.4 Å². The van der Waals surface area contributed by atoms with E-state index in [1.54, 1.807) is 24.3 Å². The summed E-state index contributed by atoms with van der Waals surface area (Å²) in [4.78, 5) is 0. The largest absolute Gasteiger partial charge is 0.508 e. The Morgan fingerprint density at radius 2 is 1.38 bits per heavy atom. The number of hydrogen-bond donors (Lipinski definition) is 4. The molecular formula is C26H23N3O3. The summed E-state index contributed by atoms with van der Waals surface area (Å²) in [6.45, 7) is 0. The zero-order valence-electron chi connectivity index (χ0n) is 17.3. The Morgan fingerprint density at radius 3 is 2.16 bits per heavy atom. The Hall–Kier alpha value is -4.32. The van der Waals surface area contributed by atoms with Crippen molar-refractivity contribution in [2.45, 2.75) is 12.8 Å². The normalized spacial score (nSPS) is 11.0. The van der Waals surface area contributed by atoms with Crippen LogP contribution in [0.5, 0.6) is 17.2 Å². The van der Waals surface area contributed by atoms with Crippen LogP contribution in [0.1, 0.15) is 11.1 Å². The van der Waals surface area contributed by atoms with E-state index in [1.165, 1.54) is 12.1 Å². The summed E-state index contributed by atoms with van der Waals surface area (Å²) in [5.41, 5.74) is 4.64. The molecule has 0 amide bonds. The quantitative estimate of drug-likeness (QED) is 0.194. The molecule has 0 fully saturated rings. The van der Waals surface area contributed by atoms with E-state index >= 15 is 0 Å². The van der Waals surface area contributed by atoms with E-state index in [1.807, 2.05) is 54.6 Å². The van der Waals surface area contributed by atoms with Gasteiger partial charge < -0.3 is 20.6 Å². The number of hydrogen-bond acceptors (Lipinski definition) is 6. The highest BCUT2D eigenvalue weighted by atomic mass is 16.3. The lowest BCUT2D eigenvalue weighted by molar-refractivity contribution is 0.454. The number of phenolic OH excluding ortho intramolecular Hbond substituents is 3. The highest BCUT2D eigenvalue weighted by molar-refractivity contribution is 5.73. The van der Waals surface area contributed by atoms with Gasteiger partial charge in [0.15, 0.2) is 0 Å². The lowest BCUT2D eigenvalue weighted by atomic mass is 10.0. The van der Waals surface area contributed by atoms with E-state index in [0.29, 0.717) is 29.0 Å². The number of nitrogens with one attached hydrogen (secondary N) is 1. The summed E-state index contributed by atoms with van der Waals surface area (Å²) in [5.74, 6) is 0.468. The summed E-state index contributed by atoms with van der Waals surface area (Å²) < 4.78 is 0. The molecule has 6 heteroatoms. The average molecular weight is 425 g/mol. The van der Waals surface area contributed by atoms with E-state index < -0.39 is 0 Å². The number of para-hydroxylation sites is 1. The predicted octanol–water partition coefficient (Wildman–Crippen LogP) is 6.75. The van der Waals surface area contributed by atoms with Gasteiger partial charge in [0.1, 0.15) is 22.9 Å². The molecule has 160 valence electrons. The maximum absolute atomic E-state index is 9.91. The van der Waals surface area contributed by atoms with Crippen molar-refractivity contribution in [2.75, 3.05) is 5.32 Å². The summed E-state index contributed by atoms with van der Waals surface area (Å²) in [5, 5.41) is 41.3. The van der Waals surface area contributed by atoms with Crippen molar-refractivity contribution in [1.29, 1.82) is 0 Å². The number of nitrogens with zero attached hydrogens (tertiary/aromatic N) is 2. The van der Waals surface area contributed by atoms with Gasteiger partial charge in [-0.1, -0.05) is 30.3 Å². The van der Waals surface area contributed by atoms with Crippen LogP contribution in [0.2, 0.25) is 0 Å². The molecule has 0 aliphatic heterocycles. The van der Waals surface area contributed by atoms with Crippen LogP contribution in [0.15, 0.2) is 101 Å². The number of aryl methyl sites for hydroxylation is 2. The molecule has 4 aromatic carbocycles. The lowest BCUT2D eigenvalue weighted by Crippen LogP contribution is -1.91. The number of anilines is 2. The summed E-state index contributed by atoms with van der Waals surface area (Å²) in [6, 6.07) is 26.8. The molecule has 0 bridgehead atoms. The van der Waals surface area contributed by atoms with Crippen LogP contribution in [-0.4, -0.2) is 15.3 Å². The molecular weight excluding hydrogens is 402 g/mol. The first-order valence-corrected chi connectivity index (χ1v) is 10.2. The Balaban J connectivity index is 1.44. The van der Waals surface area contributed by atoms with Gasteiger partial charge in [0, 0.05) is 11.8 Å². The van der Waals surface area contributed by atoms with Gasteiger partial charge in [0.2, 0.25) is 0 Å². The molecule has 0 saturated carbocycles. The van der Waals surface area contributed by atoms with Gasteiger partial charge in [-0.2, -0.15) is 5.11 Å². The van der Waals surface area contributed by atoms with Gasteiger partial charge in [0.25, 0.3) is 0 Å². The van der Waals surface area contributed by atoms with Gasteiger partial charge in [-0.15, -0.1) is 5.11 Å². The fourth-order valence-electron chi connectivity index (χ4n) is 3.28. The van der Waals surface area contributed by atoms with Gasteiger partial charge in [-0.25, -0.2) is 0 Å². The third-order valence-corrected chi connectivity index (χ3v) is 4.99. The Kier molecular flexibility index (Phi) is 6.32. The first-order chi connectivity index (χ1) is 15.6. The van der Waals surface area contributed by atoms with Crippen molar-refractivity contribution in [3.8, 4) is 17.2 Å². The van der Waals surface area contributed by atoms with Crippen molar-refractivity contribution in [3.05, 3.63) is 102 Å². The van der Waals surface area contributed by atoms with Gasteiger partial charge in [-0.05, 0) is 78.6 Å². The predicted molar refractivity (Wildman–Crippen MR) is 126 cm³/mol. The van der Waals surface area contributed by atoms with Crippen LogP contribution in [-0.2, 0) is 12.8 Å². The molecule has 6 nitrogen and oxygen atoms in total. The zero-order valence-corrected chi connectivity index (χ0v) is 17.3. The van der Waals surface area contributed by atoms with Crippen LogP contribution in [0.25, 0.3) is 0 Å². The van der Waals surface area contributed by atoms with Crippen molar-refractivity contribution in [1.82, 2.24) is 0 Å². The number of azo groups is 1. The van der Waals surface area contributed by atoms with Gasteiger partial charge in [0.05, 0.1) is 11.4 Å². The second-order valence-corrected chi connectivity index (χ2v) is 7.37. The zero-order chi connectivity index (χ0) is 22.3. The SMILES string of the molecule is Oc1ccc(O)c(CCc2ccc(N=Nc3ccc(O)cc3Nc3ccccc3)cc2)c1. The highest BCUT2D eigenvalue weighted by Crippen LogP contribution is 2.33. The van der Waals surface area contributed by atoms with Crippen LogP contribution >= 0.6 is 0 Å². The third-order valence-electron chi connectivity index (χ3n) is 4.99. The minimum Gasteiger partial charge on any atom is -0.508 e. The monoisotopic (exact) mass is 425 g/mol. The van der Waals surface area contributed by atoms with Gasteiger partial charge in [-0.3, -0.25) is 0 Å². The smallest absolute Gasteiger partial charge is 0.119 e. The Labute approximate surface area is 186 Å². The Bertz CT molecular complexity index is 1220. The Morgan fingerprint density at radius 1 is 0.656 bits per heavy atom. The van der Waals surface area contributed by atoms with Crippen LogP contribution in [0, 0.1) is 0 Å². The molecule has 0 aliphatic carbocycles. The van der Waals surface area contributed by atoms with E-state index in [9.17, 15) is 15.3 Å². The molecule has 0 saturated heterocycles. The molecule has 0 aromatic heterocycles. The molecule has 0 atom stereocenters. The minimum absolute atomic E-state index is 0.143.